The second-order valence-corrected chi connectivity index (χ2v) is 15.8. The summed E-state index contributed by atoms with van der Waals surface area (Å²) in [6, 6.07) is 0.630. The third kappa shape index (κ3) is 4.08. The highest BCUT2D eigenvalue weighted by Gasteiger charge is 2.59. The molecule has 0 aromatic carbocycles. The van der Waals surface area contributed by atoms with Crippen LogP contribution in [-0.4, -0.2) is 45.0 Å². The largest absolute Gasteiger partial charge is 0.369 e. The van der Waals surface area contributed by atoms with Crippen LogP contribution in [0.5, 0.6) is 0 Å². The second-order valence-electron chi connectivity index (χ2n) is 14.0. The van der Waals surface area contributed by atoms with Gasteiger partial charge in [0.2, 0.25) is 10.0 Å². The Kier molecular flexibility index (Phi) is 6.07. The lowest BCUT2D eigenvalue weighted by molar-refractivity contribution is -0.0746. The van der Waals surface area contributed by atoms with E-state index >= 15 is 0 Å². The van der Waals surface area contributed by atoms with Crippen LogP contribution in [0.4, 0.5) is 0 Å². The molecule has 6 heteroatoms. The number of hydrogen-bond acceptors (Lipinski definition) is 4. The average molecular weight is 505 g/mol. The lowest BCUT2D eigenvalue weighted by Gasteiger charge is -2.54. The maximum absolute atomic E-state index is 12.0. The molecule has 5 fully saturated rings. The number of ether oxygens (including phenoxy) is 1. The number of fused-ring (bicyclic) bond motifs is 6. The topological polar surface area (TPSA) is 67.4 Å². The highest BCUT2D eigenvalue weighted by molar-refractivity contribution is 7.88. The normalized spacial score (nSPS) is 52.0. The molecule has 0 amide bonds. The summed E-state index contributed by atoms with van der Waals surface area (Å²) in [6.07, 6.45) is 13.6. The Balaban J connectivity index is 1.25. The molecule has 0 radical (unpaired) electrons. The average Bonchev–Trinajstić information content (AvgIpc) is 3.22. The van der Waals surface area contributed by atoms with Gasteiger partial charge in [-0.3, -0.25) is 0 Å². The number of sulfonamides is 1. The van der Waals surface area contributed by atoms with E-state index in [-0.39, 0.29) is 17.1 Å². The van der Waals surface area contributed by atoms with Crippen LogP contribution in [0, 0.1) is 40.9 Å². The van der Waals surface area contributed by atoms with Crippen molar-refractivity contribution in [1.29, 1.82) is 0 Å². The van der Waals surface area contributed by atoms with E-state index in [1.807, 2.05) is 0 Å². The number of piperidine rings is 1. The third-order valence-corrected chi connectivity index (χ3v) is 12.7. The molecule has 198 valence electrons. The van der Waals surface area contributed by atoms with Gasteiger partial charge < -0.3 is 10.1 Å². The van der Waals surface area contributed by atoms with Crippen LogP contribution < -0.4 is 10.0 Å². The van der Waals surface area contributed by atoms with E-state index in [0.717, 1.165) is 37.6 Å². The Hall–Kier alpha value is -0.430. The summed E-state index contributed by atoms with van der Waals surface area (Å²) in [5.41, 5.74) is 3.67. The molecule has 5 nitrogen and oxygen atoms in total. The maximum Gasteiger partial charge on any atom is 0.208 e. The number of nitrogens with one attached hydrogen (secondary N) is 2. The SMILES string of the molecule is CC1=C2C[C@H]3[C@@H](CC[C@@H]4CC[C@H](NS(C)(=O)=O)C[C@@]43C)[C@@H]2CC[C@@]2(C1)O[C@@H]1C[C@H](C)CN[C@H]1[C@H]2C. The van der Waals surface area contributed by atoms with E-state index in [0.29, 0.717) is 35.8 Å². The van der Waals surface area contributed by atoms with Crippen LogP contribution >= 0.6 is 0 Å². The molecule has 0 aromatic heterocycles. The Bertz CT molecular complexity index is 994. The molecule has 2 aliphatic heterocycles. The predicted molar refractivity (Wildman–Crippen MR) is 140 cm³/mol. The molecule has 11 atom stereocenters. The van der Waals surface area contributed by atoms with Gasteiger partial charge in [-0.2, -0.15) is 0 Å². The van der Waals surface area contributed by atoms with Gasteiger partial charge in [0, 0.05) is 18.0 Å². The Morgan fingerprint density at radius 2 is 1.89 bits per heavy atom. The monoisotopic (exact) mass is 504 g/mol. The van der Waals surface area contributed by atoms with Gasteiger partial charge in [0.1, 0.15) is 0 Å². The molecule has 3 saturated carbocycles. The lowest BCUT2D eigenvalue weighted by atomic mass is 9.52. The third-order valence-electron chi connectivity index (χ3n) is 12.0. The van der Waals surface area contributed by atoms with E-state index in [1.54, 1.807) is 11.1 Å². The van der Waals surface area contributed by atoms with Crippen LogP contribution in [0.25, 0.3) is 0 Å². The standard InChI is InChI=1S/C29H48N2O3S/c1-17-12-26-27(30-16-17)19(3)29(34-26)11-10-22-23-9-7-20-6-8-21(31-35(5,32)33)15-28(20,4)25(23)13-24(22)18(2)14-29/h17,19-23,25-27,30-31H,6-16H2,1-5H3/t17-,19+,20-,21-,22-,23-,25-,26+,27-,28-,29-/m0/s1. The molecular formula is C29H48N2O3S. The second kappa shape index (κ2) is 8.54. The van der Waals surface area contributed by atoms with Gasteiger partial charge in [-0.1, -0.05) is 31.9 Å². The minimum atomic E-state index is -3.15. The summed E-state index contributed by atoms with van der Waals surface area (Å²) >= 11 is 0. The molecule has 1 spiro atoms. The lowest BCUT2D eigenvalue weighted by Crippen LogP contribution is -2.51. The van der Waals surface area contributed by atoms with Crippen LogP contribution in [-0.2, 0) is 14.8 Å². The summed E-state index contributed by atoms with van der Waals surface area (Å²) in [6.45, 7) is 10.9. The molecule has 6 aliphatic rings. The van der Waals surface area contributed by atoms with Crippen molar-refractivity contribution >= 4 is 10.0 Å². The van der Waals surface area contributed by atoms with Crippen molar-refractivity contribution < 1.29 is 13.2 Å². The molecule has 4 aliphatic carbocycles. The summed E-state index contributed by atoms with van der Waals surface area (Å²) < 4.78 is 34.0. The summed E-state index contributed by atoms with van der Waals surface area (Å²) in [7, 11) is -3.15. The first-order valence-corrected chi connectivity index (χ1v) is 16.5. The first-order chi connectivity index (χ1) is 16.5. The summed E-state index contributed by atoms with van der Waals surface area (Å²) in [5, 5.41) is 3.85. The van der Waals surface area contributed by atoms with Crippen LogP contribution in [0.15, 0.2) is 11.1 Å². The maximum atomic E-state index is 12.0. The Morgan fingerprint density at radius 1 is 1.11 bits per heavy atom. The molecule has 0 bridgehead atoms. The van der Waals surface area contributed by atoms with E-state index in [1.165, 1.54) is 51.2 Å². The van der Waals surface area contributed by atoms with Gasteiger partial charge in [-0.05, 0) is 113 Å². The van der Waals surface area contributed by atoms with Crippen molar-refractivity contribution in [3.8, 4) is 0 Å². The van der Waals surface area contributed by atoms with Crippen molar-refractivity contribution in [2.45, 2.75) is 116 Å². The first kappa shape index (κ1) is 24.9. The molecule has 2 saturated heterocycles. The zero-order valence-electron chi connectivity index (χ0n) is 22.6. The fourth-order valence-electron chi connectivity index (χ4n) is 10.3. The van der Waals surface area contributed by atoms with E-state index in [2.05, 4.69) is 37.7 Å². The van der Waals surface area contributed by atoms with Gasteiger partial charge in [-0.15, -0.1) is 0 Å². The minimum absolute atomic E-state index is 0.0136. The highest BCUT2D eigenvalue weighted by atomic mass is 32.2. The number of hydrogen-bond donors (Lipinski definition) is 2. The van der Waals surface area contributed by atoms with Crippen LogP contribution in [0.2, 0.25) is 0 Å². The van der Waals surface area contributed by atoms with E-state index in [9.17, 15) is 8.42 Å². The van der Waals surface area contributed by atoms with Crippen molar-refractivity contribution in [2.75, 3.05) is 12.8 Å². The van der Waals surface area contributed by atoms with Crippen LogP contribution in [0.1, 0.15) is 91.9 Å². The van der Waals surface area contributed by atoms with Crippen molar-refractivity contribution in [2.24, 2.45) is 40.9 Å². The van der Waals surface area contributed by atoms with Crippen LogP contribution in [0.3, 0.4) is 0 Å². The van der Waals surface area contributed by atoms with Gasteiger partial charge >= 0.3 is 0 Å². The molecule has 6 rings (SSSR count). The number of allylic oxidation sites excluding steroid dienone is 1. The van der Waals surface area contributed by atoms with Gasteiger partial charge in [0.15, 0.2) is 0 Å². The zero-order chi connectivity index (χ0) is 24.8. The van der Waals surface area contributed by atoms with Gasteiger partial charge in [-0.25, -0.2) is 13.1 Å². The Labute approximate surface area is 213 Å². The molecular weight excluding hydrogens is 456 g/mol. The van der Waals surface area contributed by atoms with Crippen molar-refractivity contribution in [3.63, 3.8) is 0 Å². The minimum Gasteiger partial charge on any atom is -0.369 e. The van der Waals surface area contributed by atoms with Gasteiger partial charge in [0.05, 0.1) is 18.0 Å². The first-order valence-electron chi connectivity index (χ1n) is 14.6. The Morgan fingerprint density at radius 3 is 2.66 bits per heavy atom. The number of rotatable bonds is 2. The van der Waals surface area contributed by atoms with E-state index < -0.39 is 10.0 Å². The predicted octanol–water partition coefficient (Wildman–Crippen LogP) is 5.03. The van der Waals surface area contributed by atoms with Crippen molar-refractivity contribution in [1.82, 2.24) is 10.0 Å². The highest BCUT2D eigenvalue weighted by Crippen LogP contribution is 2.65. The molecule has 35 heavy (non-hydrogen) atoms. The molecule has 2 heterocycles. The summed E-state index contributed by atoms with van der Waals surface area (Å²) in [4.78, 5) is 0. The molecule has 0 unspecified atom stereocenters. The molecule has 0 aromatic rings. The fraction of sp³-hybridized carbons (Fsp3) is 0.931. The fourth-order valence-corrected chi connectivity index (χ4v) is 11.1. The quantitative estimate of drug-likeness (QED) is 0.518. The smallest absolute Gasteiger partial charge is 0.208 e. The van der Waals surface area contributed by atoms with Crippen molar-refractivity contribution in [3.05, 3.63) is 11.1 Å². The zero-order valence-corrected chi connectivity index (χ0v) is 23.4. The molecule has 2 N–H and O–H groups in total. The summed E-state index contributed by atoms with van der Waals surface area (Å²) in [5.74, 6) is 4.22. The van der Waals surface area contributed by atoms with Gasteiger partial charge in [0.25, 0.3) is 0 Å². The van der Waals surface area contributed by atoms with E-state index in [4.69, 9.17) is 4.74 Å².